The van der Waals surface area contributed by atoms with Crippen molar-refractivity contribution in [2.24, 2.45) is 0 Å². The van der Waals surface area contributed by atoms with E-state index in [9.17, 15) is 66.4 Å². The van der Waals surface area contributed by atoms with E-state index in [-0.39, 0.29) is 28.6 Å². The largest absolute Gasteiger partial charge is 0.508 e. The predicted molar refractivity (Wildman–Crippen MR) is 167 cm³/mol. The lowest BCUT2D eigenvalue weighted by Gasteiger charge is -2.42. The van der Waals surface area contributed by atoms with Crippen LogP contribution in [0, 0.1) is 0 Å². The third-order valence-corrected chi connectivity index (χ3v) is 8.67. The Balaban J connectivity index is 1.23. The van der Waals surface area contributed by atoms with Crippen LogP contribution in [0.15, 0.2) is 36.4 Å². The maximum absolute atomic E-state index is 10.6. The van der Waals surface area contributed by atoms with Gasteiger partial charge in [0, 0.05) is 17.7 Å². The van der Waals surface area contributed by atoms with Crippen molar-refractivity contribution in [3.63, 3.8) is 0 Å². The van der Waals surface area contributed by atoms with Crippen molar-refractivity contribution in [1.82, 2.24) is 0 Å². The summed E-state index contributed by atoms with van der Waals surface area (Å²) in [6, 6.07) is 7.97. The van der Waals surface area contributed by atoms with Crippen molar-refractivity contribution < 1.29 is 94.8 Å². The third kappa shape index (κ3) is 8.71. The molecule has 3 saturated heterocycles. The van der Waals surface area contributed by atoms with Gasteiger partial charge in [0.1, 0.15) is 96.2 Å². The number of rotatable bonds is 11. The fourth-order valence-electron chi connectivity index (χ4n) is 5.67. The van der Waals surface area contributed by atoms with Gasteiger partial charge >= 0.3 is 0 Å². The third-order valence-electron chi connectivity index (χ3n) is 8.67. The average Bonchev–Trinajstić information content (AvgIpc) is 3.10. The second-order valence-electron chi connectivity index (χ2n) is 12.3. The molecular formula is C32H42O19. The summed E-state index contributed by atoms with van der Waals surface area (Å²) in [4.78, 5) is 0. The van der Waals surface area contributed by atoms with Crippen LogP contribution in [-0.4, -0.2) is 178 Å². The van der Waals surface area contributed by atoms with Crippen molar-refractivity contribution in [3.05, 3.63) is 47.5 Å². The van der Waals surface area contributed by atoms with Gasteiger partial charge in [0.25, 0.3) is 0 Å². The molecule has 284 valence electrons. The fraction of sp³-hybridized carbons (Fsp3) is 0.562. The van der Waals surface area contributed by atoms with Crippen LogP contribution in [0.5, 0.6) is 23.0 Å². The van der Waals surface area contributed by atoms with E-state index in [1.807, 2.05) is 0 Å². The molecule has 3 aliphatic rings. The zero-order chi connectivity index (χ0) is 37.1. The van der Waals surface area contributed by atoms with Gasteiger partial charge in [0.2, 0.25) is 12.6 Å². The van der Waals surface area contributed by atoms with Crippen molar-refractivity contribution in [3.8, 4) is 23.0 Å². The number of ether oxygens (including phenoxy) is 6. The molecule has 3 aliphatic heterocycles. The SMILES string of the molecule is OC[C@H]1O[C@@H](OC[C@H]2O[C@@H](Oc3cc(O)cc(/C=C/c4ccc(O[C@@H]5O[C@H](CO)[C@@H](O)[C@H](O)[C@H]5O)cc4O)c3)[C@H](O)[C@@H](O)[C@@H]2O)[C@H](O)[C@@H](O)[C@@H]1O. The van der Waals surface area contributed by atoms with Gasteiger partial charge < -0.3 is 94.8 Å². The number of benzene rings is 2. The molecule has 19 nitrogen and oxygen atoms in total. The first-order valence-corrected chi connectivity index (χ1v) is 15.8. The number of aromatic hydroxyl groups is 2. The summed E-state index contributed by atoms with van der Waals surface area (Å²) in [5.41, 5.74) is 0.604. The summed E-state index contributed by atoms with van der Waals surface area (Å²) in [7, 11) is 0. The molecule has 0 radical (unpaired) electrons. The van der Waals surface area contributed by atoms with Gasteiger partial charge in [-0.15, -0.1) is 0 Å². The van der Waals surface area contributed by atoms with Crippen LogP contribution in [-0.2, 0) is 18.9 Å². The fourth-order valence-corrected chi connectivity index (χ4v) is 5.67. The molecule has 0 amide bonds. The number of aliphatic hydroxyl groups is 11. The first-order valence-electron chi connectivity index (χ1n) is 15.8. The summed E-state index contributed by atoms with van der Waals surface area (Å²) >= 11 is 0. The van der Waals surface area contributed by atoms with Gasteiger partial charge in [-0.3, -0.25) is 0 Å². The minimum Gasteiger partial charge on any atom is -0.508 e. The second-order valence-corrected chi connectivity index (χ2v) is 12.3. The van der Waals surface area contributed by atoms with Crippen LogP contribution >= 0.6 is 0 Å². The molecule has 15 atom stereocenters. The quantitative estimate of drug-likeness (QED) is 0.0968. The van der Waals surface area contributed by atoms with Crippen LogP contribution in [0.1, 0.15) is 11.1 Å². The van der Waals surface area contributed by atoms with E-state index in [2.05, 4.69) is 0 Å². The van der Waals surface area contributed by atoms with Crippen molar-refractivity contribution in [2.75, 3.05) is 19.8 Å². The van der Waals surface area contributed by atoms with Crippen LogP contribution in [0.2, 0.25) is 0 Å². The Bertz CT molecular complexity index is 1470. The summed E-state index contributed by atoms with van der Waals surface area (Å²) in [6.07, 6.45) is -20.8. The van der Waals surface area contributed by atoms with E-state index < -0.39 is 112 Å². The molecule has 3 fully saturated rings. The summed E-state index contributed by atoms with van der Waals surface area (Å²) in [5.74, 6) is -0.595. The number of hydrogen-bond donors (Lipinski definition) is 13. The molecule has 0 saturated carbocycles. The lowest BCUT2D eigenvalue weighted by Crippen LogP contribution is -2.62. The lowest BCUT2D eigenvalue weighted by atomic mass is 9.98. The zero-order valence-electron chi connectivity index (χ0n) is 26.7. The van der Waals surface area contributed by atoms with E-state index in [1.54, 1.807) is 0 Å². The summed E-state index contributed by atoms with van der Waals surface area (Å²) < 4.78 is 32.8. The maximum Gasteiger partial charge on any atom is 0.229 e. The van der Waals surface area contributed by atoms with Crippen LogP contribution in [0.25, 0.3) is 12.2 Å². The Hall–Kier alpha value is -3.22. The highest BCUT2D eigenvalue weighted by Gasteiger charge is 2.48. The van der Waals surface area contributed by atoms with E-state index in [0.717, 1.165) is 0 Å². The molecule has 0 bridgehead atoms. The van der Waals surface area contributed by atoms with E-state index >= 15 is 0 Å². The smallest absolute Gasteiger partial charge is 0.229 e. The normalized spacial score (nSPS) is 38.8. The summed E-state index contributed by atoms with van der Waals surface area (Å²) in [5, 5.41) is 131. The van der Waals surface area contributed by atoms with E-state index in [4.69, 9.17) is 28.4 Å². The highest BCUT2D eigenvalue weighted by Crippen LogP contribution is 2.32. The molecule has 0 aliphatic carbocycles. The topological polar surface area (TPSA) is 318 Å². The molecule has 19 heteroatoms. The van der Waals surface area contributed by atoms with Gasteiger partial charge in [-0.05, 0) is 29.8 Å². The zero-order valence-corrected chi connectivity index (χ0v) is 26.7. The Morgan fingerprint density at radius 1 is 0.529 bits per heavy atom. The molecule has 5 rings (SSSR count). The molecule has 51 heavy (non-hydrogen) atoms. The second kappa shape index (κ2) is 16.6. The Kier molecular flexibility index (Phi) is 12.7. The van der Waals surface area contributed by atoms with E-state index in [1.165, 1.54) is 48.6 Å². The highest BCUT2D eigenvalue weighted by molar-refractivity contribution is 5.74. The van der Waals surface area contributed by atoms with Gasteiger partial charge in [0.15, 0.2) is 6.29 Å². The van der Waals surface area contributed by atoms with Gasteiger partial charge in [-0.1, -0.05) is 12.2 Å². The molecule has 2 aromatic carbocycles. The van der Waals surface area contributed by atoms with Crippen LogP contribution < -0.4 is 9.47 Å². The number of phenolic OH excluding ortho intramolecular Hbond substituents is 2. The molecular weight excluding hydrogens is 688 g/mol. The van der Waals surface area contributed by atoms with Gasteiger partial charge in [-0.2, -0.15) is 0 Å². The molecule has 0 spiro atoms. The lowest BCUT2D eigenvalue weighted by molar-refractivity contribution is -0.323. The Labute approximate surface area is 289 Å². The summed E-state index contributed by atoms with van der Waals surface area (Å²) in [6.45, 7) is -1.92. The monoisotopic (exact) mass is 730 g/mol. The number of hydrogen-bond acceptors (Lipinski definition) is 19. The molecule has 0 aromatic heterocycles. The molecule has 13 N–H and O–H groups in total. The highest BCUT2D eigenvalue weighted by atomic mass is 16.7. The molecule has 3 heterocycles. The van der Waals surface area contributed by atoms with Crippen LogP contribution in [0.4, 0.5) is 0 Å². The minimum atomic E-state index is -1.81. The number of aliphatic hydroxyl groups excluding tert-OH is 11. The predicted octanol–water partition coefficient (Wildman–Crippen LogP) is -4.55. The first-order chi connectivity index (χ1) is 24.2. The van der Waals surface area contributed by atoms with Gasteiger partial charge in [0.05, 0.1) is 19.8 Å². The Morgan fingerprint density at radius 3 is 1.61 bits per heavy atom. The van der Waals surface area contributed by atoms with Crippen molar-refractivity contribution >= 4 is 12.2 Å². The average molecular weight is 731 g/mol. The van der Waals surface area contributed by atoms with Crippen LogP contribution in [0.3, 0.4) is 0 Å². The standard InChI is InChI=1S/C32H42O19/c33-9-18-21(37)24(40)27(43)30(49-18)46-11-20-23(39)26(42)29(45)32(51-20)48-16-6-12(5-14(35)7-16)1-2-13-3-4-15(8-17(13)36)47-31-28(44)25(41)22(38)19(10-34)50-31/h1-8,18-45H,9-11H2/b2-1+/t18-,19-,20-,21-,22-,23-,24+,25+,26+,27-,28-,29-,30-,31-,32-/m1/s1. The molecule has 0 unspecified atom stereocenters. The number of phenols is 2. The Morgan fingerprint density at radius 2 is 1.04 bits per heavy atom. The maximum atomic E-state index is 10.6. The minimum absolute atomic E-state index is 0.0252. The first kappa shape index (κ1) is 39.0. The van der Waals surface area contributed by atoms with Crippen molar-refractivity contribution in [1.29, 1.82) is 0 Å². The van der Waals surface area contributed by atoms with Gasteiger partial charge in [-0.25, -0.2) is 0 Å². The van der Waals surface area contributed by atoms with Crippen molar-refractivity contribution in [2.45, 2.75) is 92.1 Å². The molecule has 2 aromatic rings. The van der Waals surface area contributed by atoms with E-state index in [0.29, 0.717) is 5.56 Å².